The van der Waals surface area contributed by atoms with Gasteiger partial charge in [-0.05, 0) is 79.2 Å². The summed E-state index contributed by atoms with van der Waals surface area (Å²) in [5, 5.41) is 2.97. The van der Waals surface area contributed by atoms with Gasteiger partial charge in [0.2, 0.25) is 0 Å². The Kier molecular flexibility index (Phi) is 9.66. The second kappa shape index (κ2) is 12.9. The Labute approximate surface area is 224 Å². The molecule has 7 heteroatoms. The largest absolute Gasteiger partial charge is 0.493 e. The average molecular weight is 518 g/mol. The number of anilines is 1. The number of methoxy groups -OCH3 is 1. The molecule has 0 saturated heterocycles. The number of nitrogens with zero attached hydrogens (tertiary/aromatic N) is 2. The predicted molar refractivity (Wildman–Crippen MR) is 152 cm³/mol. The van der Waals surface area contributed by atoms with E-state index in [4.69, 9.17) is 9.47 Å². The topological polar surface area (TPSA) is 63.7 Å². The van der Waals surface area contributed by atoms with Crippen molar-refractivity contribution in [3.63, 3.8) is 0 Å². The molecule has 4 aromatic rings. The van der Waals surface area contributed by atoms with E-state index in [2.05, 4.69) is 34.6 Å². The lowest BCUT2D eigenvalue weighted by atomic mass is 9.96. The zero-order valence-corrected chi connectivity index (χ0v) is 22.3. The predicted octanol–water partition coefficient (Wildman–Crippen LogP) is 6.35. The lowest BCUT2D eigenvalue weighted by Gasteiger charge is -2.15. The van der Waals surface area contributed by atoms with E-state index < -0.39 is 0 Å². The third-order valence-corrected chi connectivity index (χ3v) is 5.90. The van der Waals surface area contributed by atoms with Crippen LogP contribution in [0.3, 0.4) is 0 Å². The Morgan fingerprint density at radius 3 is 2.32 bits per heavy atom. The molecule has 1 N–H and O–H groups in total. The number of carbonyl (C=O) groups excluding carboxylic acids is 1. The van der Waals surface area contributed by atoms with Crippen LogP contribution in [-0.4, -0.2) is 50.1 Å². The number of benzene rings is 3. The van der Waals surface area contributed by atoms with Gasteiger partial charge in [-0.25, -0.2) is 0 Å². The first-order valence-corrected chi connectivity index (χ1v) is 11.8. The van der Waals surface area contributed by atoms with Crippen molar-refractivity contribution in [1.29, 1.82) is 0 Å². The molecule has 4 rings (SSSR count). The molecule has 6 nitrogen and oxygen atoms in total. The minimum Gasteiger partial charge on any atom is -0.493 e. The number of rotatable bonds is 9. The molecule has 0 fully saturated rings. The molecule has 3 aromatic carbocycles. The number of halogens is 1. The quantitative estimate of drug-likeness (QED) is 0.280. The van der Waals surface area contributed by atoms with E-state index in [1.54, 1.807) is 31.5 Å². The van der Waals surface area contributed by atoms with Crippen LogP contribution in [0.25, 0.3) is 22.3 Å². The van der Waals surface area contributed by atoms with Crippen molar-refractivity contribution >= 4 is 24.0 Å². The molecule has 0 unspecified atom stereocenters. The maximum atomic E-state index is 13.0. The molecule has 0 spiro atoms. The minimum atomic E-state index is -0.180. The van der Waals surface area contributed by atoms with Gasteiger partial charge < -0.3 is 19.7 Å². The molecule has 37 heavy (non-hydrogen) atoms. The molecular formula is C30H32ClN3O3. The number of amides is 1. The molecule has 1 amide bonds. The molecule has 0 aliphatic heterocycles. The third kappa shape index (κ3) is 7.09. The number of likely N-dealkylation sites (N-methyl/N-ethyl adjacent to an activating group) is 1. The highest BCUT2D eigenvalue weighted by Crippen LogP contribution is 2.31. The number of ether oxygens (including phenoxy) is 2. The van der Waals surface area contributed by atoms with Gasteiger partial charge >= 0.3 is 0 Å². The van der Waals surface area contributed by atoms with Crippen molar-refractivity contribution in [1.82, 2.24) is 9.88 Å². The average Bonchev–Trinajstić information content (AvgIpc) is 2.89. The number of aryl methyl sites for hydroxylation is 1. The van der Waals surface area contributed by atoms with Crippen LogP contribution in [0.5, 0.6) is 11.5 Å². The van der Waals surface area contributed by atoms with Gasteiger partial charge in [0.1, 0.15) is 6.61 Å². The van der Waals surface area contributed by atoms with Crippen LogP contribution in [0.2, 0.25) is 0 Å². The van der Waals surface area contributed by atoms with Crippen LogP contribution in [0.1, 0.15) is 15.9 Å². The van der Waals surface area contributed by atoms with Crippen LogP contribution in [0, 0.1) is 6.92 Å². The summed E-state index contributed by atoms with van der Waals surface area (Å²) in [6.07, 6.45) is 3.63. The van der Waals surface area contributed by atoms with Gasteiger partial charge in [-0.3, -0.25) is 9.78 Å². The van der Waals surface area contributed by atoms with Crippen LogP contribution < -0.4 is 14.8 Å². The van der Waals surface area contributed by atoms with E-state index in [0.717, 1.165) is 34.4 Å². The molecule has 0 atom stereocenters. The highest BCUT2D eigenvalue weighted by atomic mass is 35.5. The summed E-state index contributed by atoms with van der Waals surface area (Å²) in [6.45, 7) is 3.31. The van der Waals surface area contributed by atoms with Crippen molar-refractivity contribution in [2.45, 2.75) is 6.92 Å². The summed E-state index contributed by atoms with van der Waals surface area (Å²) < 4.78 is 11.3. The maximum absolute atomic E-state index is 13.0. The highest BCUT2D eigenvalue weighted by Gasteiger charge is 2.12. The van der Waals surface area contributed by atoms with Gasteiger partial charge in [0, 0.05) is 36.3 Å². The fraction of sp³-hybridized carbons (Fsp3) is 0.200. The van der Waals surface area contributed by atoms with Crippen LogP contribution >= 0.6 is 12.4 Å². The lowest BCUT2D eigenvalue weighted by Crippen LogP contribution is -2.19. The van der Waals surface area contributed by atoms with E-state index in [1.807, 2.05) is 62.4 Å². The zero-order chi connectivity index (χ0) is 25.5. The molecule has 0 bridgehead atoms. The SMILES string of the molecule is COc1ccc(NC(=O)c2ccc(-c3ccc(-c4cccnc4)cc3)c(C)c2)cc1OCCN(C)C.Cl. The summed E-state index contributed by atoms with van der Waals surface area (Å²) in [5.74, 6) is 1.04. The fourth-order valence-electron chi connectivity index (χ4n) is 3.91. The Morgan fingerprint density at radius 2 is 1.68 bits per heavy atom. The number of nitrogens with one attached hydrogen (secondary N) is 1. The second-order valence-corrected chi connectivity index (χ2v) is 8.82. The number of hydrogen-bond donors (Lipinski definition) is 1. The van der Waals surface area contributed by atoms with Crippen molar-refractivity contribution < 1.29 is 14.3 Å². The summed E-state index contributed by atoms with van der Waals surface area (Å²) in [6, 6.07) is 23.5. The first-order chi connectivity index (χ1) is 17.4. The highest BCUT2D eigenvalue weighted by molar-refractivity contribution is 6.05. The molecule has 1 aromatic heterocycles. The van der Waals surface area contributed by atoms with Gasteiger partial charge in [-0.1, -0.05) is 36.4 Å². The van der Waals surface area contributed by atoms with Crippen molar-refractivity contribution in [3.05, 3.63) is 96.3 Å². The smallest absolute Gasteiger partial charge is 0.255 e. The third-order valence-electron chi connectivity index (χ3n) is 5.90. The van der Waals surface area contributed by atoms with E-state index in [0.29, 0.717) is 29.4 Å². The Balaban J connectivity index is 0.00000380. The molecular weight excluding hydrogens is 486 g/mol. The van der Waals surface area contributed by atoms with Gasteiger partial charge in [0.15, 0.2) is 11.5 Å². The summed E-state index contributed by atoms with van der Waals surface area (Å²) in [5.41, 5.74) is 6.65. The lowest BCUT2D eigenvalue weighted by molar-refractivity contribution is 0.102. The Bertz CT molecular complexity index is 1330. The van der Waals surface area contributed by atoms with Crippen molar-refractivity contribution in [3.8, 4) is 33.8 Å². The van der Waals surface area contributed by atoms with Gasteiger partial charge in [0.05, 0.1) is 7.11 Å². The van der Waals surface area contributed by atoms with Gasteiger partial charge in [0.25, 0.3) is 5.91 Å². The minimum absolute atomic E-state index is 0. The van der Waals surface area contributed by atoms with Crippen molar-refractivity contribution in [2.75, 3.05) is 39.7 Å². The fourth-order valence-corrected chi connectivity index (χ4v) is 3.91. The monoisotopic (exact) mass is 517 g/mol. The van der Waals surface area contributed by atoms with E-state index >= 15 is 0 Å². The standard InChI is InChI=1S/C30H31N3O3.ClH/c1-21-18-24(11-13-27(21)23-9-7-22(8-10-23)25-6-5-15-31-20-25)30(34)32-26-12-14-28(35-4)29(19-26)36-17-16-33(2)3;/h5-15,18-20H,16-17H2,1-4H3,(H,32,34);1H. The molecule has 192 valence electrons. The van der Waals surface area contributed by atoms with E-state index in [1.165, 1.54) is 0 Å². The van der Waals surface area contributed by atoms with Crippen LogP contribution in [-0.2, 0) is 0 Å². The van der Waals surface area contributed by atoms with E-state index in [9.17, 15) is 4.79 Å². The molecule has 0 aliphatic rings. The first kappa shape index (κ1) is 27.7. The molecule has 0 aliphatic carbocycles. The summed E-state index contributed by atoms with van der Waals surface area (Å²) in [7, 11) is 5.58. The maximum Gasteiger partial charge on any atom is 0.255 e. The van der Waals surface area contributed by atoms with E-state index in [-0.39, 0.29) is 18.3 Å². The summed E-state index contributed by atoms with van der Waals surface area (Å²) >= 11 is 0. The Hall–Kier alpha value is -3.87. The van der Waals surface area contributed by atoms with Crippen molar-refractivity contribution in [2.24, 2.45) is 0 Å². The second-order valence-electron chi connectivity index (χ2n) is 8.82. The molecule has 0 radical (unpaired) electrons. The van der Waals surface area contributed by atoms with Crippen LogP contribution in [0.15, 0.2) is 85.2 Å². The normalized spacial score (nSPS) is 10.5. The van der Waals surface area contributed by atoms with Gasteiger partial charge in [-0.15, -0.1) is 12.4 Å². The number of carbonyl (C=O) groups is 1. The number of aromatic nitrogens is 1. The summed E-state index contributed by atoms with van der Waals surface area (Å²) in [4.78, 5) is 19.2. The van der Waals surface area contributed by atoms with Gasteiger partial charge in [-0.2, -0.15) is 0 Å². The van der Waals surface area contributed by atoms with Crippen LogP contribution in [0.4, 0.5) is 5.69 Å². The zero-order valence-electron chi connectivity index (χ0n) is 21.5. The first-order valence-electron chi connectivity index (χ1n) is 11.8. The Morgan fingerprint density at radius 1 is 0.919 bits per heavy atom. The number of hydrogen-bond acceptors (Lipinski definition) is 5. The molecule has 1 heterocycles. The number of pyridine rings is 1. The molecule has 0 saturated carbocycles.